The number of benzene rings is 1. The van der Waals surface area contributed by atoms with E-state index in [0.29, 0.717) is 18.1 Å². The van der Waals surface area contributed by atoms with Gasteiger partial charge in [-0.05, 0) is 99.4 Å². The Hall–Kier alpha value is -1.29. The van der Waals surface area contributed by atoms with E-state index in [0.717, 1.165) is 40.7 Å². The third kappa shape index (κ3) is 3.45. The highest BCUT2D eigenvalue weighted by molar-refractivity contribution is 7.80. The van der Waals surface area contributed by atoms with Crippen LogP contribution in [0.1, 0.15) is 58.8 Å². The summed E-state index contributed by atoms with van der Waals surface area (Å²) >= 11 is 5.70. The first-order valence-electron chi connectivity index (χ1n) is 10.4. The molecule has 1 atom stereocenters. The standard InChI is InChI=1S/C22H32N2OS/c1-3-20(22-12-15-9-16(13-22)11-17(10-15)14-22)24-21(26)23-18-7-5-6-8-19(18)25-4-2/h5-8,15-17,20H,3-4,9-14H2,1-2H3,(H2,23,24,26). The molecule has 0 saturated heterocycles. The van der Waals surface area contributed by atoms with E-state index in [1.165, 1.54) is 38.5 Å². The molecule has 5 rings (SSSR count). The summed E-state index contributed by atoms with van der Waals surface area (Å²) in [6.07, 6.45) is 9.81. The van der Waals surface area contributed by atoms with Crippen molar-refractivity contribution < 1.29 is 4.74 Å². The van der Waals surface area contributed by atoms with Gasteiger partial charge in [0.1, 0.15) is 5.75 Å². The summed E-state index contributed by atoms with van der Waals surface area (Å²) < 4.78 is 5.72. The Balaban J connectivity index is 1.45. The van der Waals surface area contributed by atoms with Crippen molar-refractivity contribution in [3.63, 3.8) is 0 Å². The molecule has 1 aromatic rings. The lowest BCUT2D eigenvalue weighted by molar-refractivity contribution is -0.0709. The molecule has 1 aromatic carbocycles. The van der Waals surface area contributed by atoms with Gasteiger partial charge in [0, 0.05) is 6.04 Å². The van der Waals surface area contributed by atoms with E-state index in [4.69, 9.17) is 17.0 Å². The molecule has 4 fully saturated rings. The second kappa shape index (κ2) is 7.38. The van der Waals surface area contributed by atoms with Crippen LogP contribution in [0.5, 0.6) is 5.75 Å². The molecule has 0 aliphatic heterocycles. The summed E-state index contributed by atoms with van der Waals surface area (Å²) in [5, 5.41) is 7.83. The summed E-state index contributed by atoms with van der Waals surface area (Å²) in [7, 11) is 0. The van der Waals surface area contributed by atoms with E-state index in [-0.39, 0.29) is 0 Å². The van der Waals surface area contributed by atoms with Crippen LogP contribution >= 0.6 is 12.2 Å². The second-order valence-corrected chi connectivity index (χ2v) is 9.18. The van der Waals surface area contributed by atoms with E-state index >= 15 is 0 Å². The zero-order valence-electron chi connectivity index (χ0n) is 16.1. The van der Waals surface area contributed by atoms with Crippen LogP contribution in [0, 0.1) is 23.2 Å². The molecule has 0 amide bonds. The van der Waals surface area contributed by atoms with Crippen molar-refractivity contribution in [2.45, 2.75) is 64.8 Å². The minimum absolute atomic E-state index is 0.467. The Morgan fingerprint density at radius 3 is 2.31 bits per heavy atom. The van der Waals surface area contributed by atoms with Gasteiger partial charge in [-0.2, -0.15) is 0 Å². The van der Waals surface area contributed by atoms with Crippen molar-refractivity contribution in [2.75, 3.05) is 11.9 Å². The first kappa shape index (κ1) is 18.1. The molecule has 3 nitrogen and oxygen atoms in total. The molecule has 1 unspecified atom stereocenters. The van der Waals surface area contributed by atoms with Crippen LogP contribution in [0.3, 0.4) is 0 Å². The largest absolute Gasteiger partial charge is 0.492 e. The van der Waals surface area contributed by atoms with Gasteiger partial charge < -0.3 is 15.4 Å². The number of anilines is 1. The van der Waals surface area contributed by atoms with E-state index in [2.05, 4.69) is 17.6 Å². The molecule has 142 valence electrons. The van der Waals surface area contributed by atoms with E-state index in [9.17, 15) is 0 Å². The van der Waals surface area contributed by atoms with Gasteiger partial charge in [0.25, 0.3) is 0 Å². The van der Waals surface area contributed by atoms with Crippen LogP contribution in [-0.2, 0) is 0 Å². The minimum Gasteiger partial charge on any atom is -0.492 e. The van der Waals surface area contributed by atoms with Crippen LogP contribution in [-0.4, -0.2) is 17.8 Å². The topological polar surface area (TPSA) is 33.3 Å². The number of thiocarbonyl (C=S) groups is 1. The van der Waals surface area contributed by atoms with Crippen molar-refractivity contribution in [3.8, 4) is 5.75 Å². The van der Waals surface area contributed by atoms with Crippen molar-refractivity contribution in [2.24, 2.45) is 23.2 Å². The second-order valence-electron chi connectivity index (χ2n) is 8.77. The fraction of sp³-hybridized carbons (Fsp3) is 0.682. The number of nitrogens with one attached hydrogen (secondary N) is 2. The Bertz CT molecular complexity index is 624. The van der Waals surface area contributed by atoms with Crippen molar-refractivity contribution in [1.29, 1.82) is 0 Å². The van der Waals surface area contributed by atoms with Crippen molar-refractivity contribution in [3.05, 3.63) is 24.3 Å². The van der Waals surface area contributed by atoms with Gasteiger partial charge in [-0.1, -0.05) is 19.1 Å². The zero-order valence-corrected chi connectivity index (χ0v) is 16.9. The Labute approximate surface area is 163 Å². The third-order valence-electron chi connectivity index (χ3n) is 6.97. The van der Waals surface area contributed by atoms with E-state index in [1.807, 2.05) is 31.2 Å². The molecule has 2 N–H and O–H groups in total. The van der Waals surface area contributed by atoms with Gasteiger partial charge in [-0.25, -0.2) is 0 Å². The number of hydrogen-bond donors (Lipinski definition) is 2. The predicted octanol–water partition coefficient (Wildman–Crippen LogP) is 5.37. The molecule has 4 saturated carbocycles. The van der Waals surface area contributed by atoms with E-state index < -0.39 is 0 Å². The van der Waals surface area contributed by atoms with Crippen molar-refractivity contribution >= 4 is 23.0 Å². The number of hydrogen-bond acceptors (Lipinski definition) is 2. The molecular formula is C22H32N2OS. The van der Waals surface area contributed by atoms with Gasteiger partial charge in [-0.15, -0.1) is 0 Å². The summed E-state index contributed by atoms with van der Waals surface area (Å²) in [6, 6.07) is 8.52. The first-order chi connectivity index (χ1) is 12.6. The maximum Gasteiger partial charge on any atom is 0.171 e. The van der Waals surface area contributed by atoms with Gasteiger partial charge >= 0.3 is 0 Å². The third-order valence-corrected chi connectivity index (χ3v) is 7.19. The molecule has 4 heteroatoms. The highest BCUT2D eigenvalue weighted by Gasteiger charge is 2.53. The van der Waals surface area contributed by atoms with Gasteiger partial charge in [0.2, 0.25) is 0 Å². The number of rotatable bonds is 6. The molecule has 0 radical (unpaired) electrons. The van der Waals surface area contributed by atoms with Crippen LogP contribution in [0.25, 0.3) is 0 Å². The van der Waals surface area contributed by atoms with Crippen LogP contribution in [0.2, 0.25) is 0 Å². The molecule has 0 aromatic heterocycles. The average Bonchev–Trinajstić information content (AvgIpc) is 2.60. The summed E-state index contributed by atoms with van der Waals surface area (Å²) in [5.74, 6) is 3.77. The van der Waals surface area contributed by atoms with Gasteiger partial charge in [0.15, 0.2) is 5.11 Å². The van der Waals surface area contributed by atoms with E-state index in [1.54, 1.807) is 0 Å². The average molecular weight is 373 g/mol. The number of para-hydroxylation sites is 2. The Morgan fingerprint density at radius 2 is 1.73 bits per heavy atom. The molecule has 0 spiro atoms. The molecule has 26 heavy (non-hydrogen) atoms. The lowest BCUT2D eigenvalue weighted by Gasteiger charge is -2.59. The normalized spacial score (nSPS) is 32.9. The quantitative estimate of drug-likeness (QED) is 0.658. The maximum absolute atomic E-state index is 5.72. The number of ether oxygens (including phenoxy) is 1. The van der Waals surface area contributed by atoms with Crippen LogP contribution in [0.4, 0.5) is 5.69 Å². The van der Waals surface area contributed by atoms with Crippen LogP contribution in [0.15, 0.2) is 24.3 Å². The lowest BCUT2D eigenvalue weighted by Crippen LogP contribution is -2.57. The van der Waals surface area contributed by atoms with Crippen molar-refractivity contribution in [1.82, 2.24) is 5.32 Å². The van der Waals surface area contributed by atoms with Crippen LogP contribution < -0.4 is 15.4 Å². The Kier molecular flexibility index (Phi) is 5.13. The van der Waals surface area contributed by atoms with Gasteiger partial charge in [-0.3, -0.25) is 0 Å². The fourth-order valence-electron chi connectivity index (χ4n) is 6.46. The monoisotopic (exact) mass is 372 g/mol. The fourth-order valence-corrected chi connectivity index (χ4v) is 6.71. The highest BCUT2D eigenvalue weighted by atomic mass is 32.1. The lowest BCUT2D eigenvalue weighted by atomic mass is 9.47. The first-order valence-corrected chi connectivity index (χ1v) is 10.8. The molecule has 4 bridgehead atoms. The molecule has 4 aliphatic rings. The molecular weight excluding hydrogens is 340 g/mol. The Morgan fingerprint density at radius 1 is 1.12 bits per heavy atom. The highest BCUT2D eigenvalue weighted by Crippen LogP contribution is 2.61. The minimum atomic E-state index is 0.467. The summed E-state index contributed by atoms with van der Waals surface area (Å²) in [4.78, 5) is 0. The summed E-state index contributed by atoms with van der Waals surface area (Å²) in [5.41, 5.74) is 1.42. The maximum atomic E-state index is 5.72. The molecule has 4 aliphatic carbocycles. The van der Waals surface area contributed by atoms with Gasteiger partial charge in [0.05, 0.1) is 12.3 Å². The molecule has 0 heterocycles. The predicted molar refractivity (Wildman–Crippen MR) is 112 cm³/mol. The zero-order chi connectivity index (χ0) is 18.1. The SMILES string of the molecule is CCOc1ccccc1NC(=S)NC(CC)C12CC3CC(CC(C3)C1)C2. The summed E-state index contributed by atoms with van der Waals surface area (Å²) in [6.45, 7) is 4.98. The smallest absolute Gasteiger partial charge is 0.171 e.